The summed E-state index contributed by atoms with van der Waals surface area (Å²) in [6.07, 6.45) is -3.54. The van der Waals surface area contributed by atoms with E-state index in [0.29, 0.717) is 12.8 Å². The number of alkyl halides is 3. The molecule has 1 aliphatic heterocycles. The Morgan fingerprint density at radius 1 is 0.635 bits per heavy atom. The summed E-state index contributed by atoms with van der Waals surface area (Å²) in [6.45, 7) is 18.4. The summed E-state index contributed by atoms with van der Waals surface area (Å²) in [5.74, 6) is -7.74. The van der Waals surface area contributed by atoms with Crippen LogP contribution < -0.4 is 21.3 Å². The average molecular weight is 1390 g/mol. The Hall–Kier alpha value is -6.65. The highest BCUT2D eigenvalue weighted by atomic mass is 35.5. The molecule has 0 aliphatic carbocycles. The number of carbonyl (C=O) groups is 11. The second-order valence-corrected chi connectivity index (χ2v) is 27.8. The number of ether oxygens (including phenoxy) is 2. The molecule has 8 atom stereocenters. The molecule has 1 aromatic carbocycles. The van der Waals surface area contributed by atoms with E-state index < -0.39 is 156 Å². The van der Waals surface area contributed by atoms with Gasteiger partial charge in [0.15, 0.2) is 0 Å². The first-order valence-corrected chi connectivity index (χ1v) is 33.7. The van der Waals surface area contributed by atoms with Gasteiger partial charge in [0.25, 0.3) is 0 Å². The molecule has 1 aromatic rings. The third kappa shape index (κ3) is 28.4. The van der Waals surface area contributed by atoms with Gasteiger partial charge in [0.2, 0.25) is 65.0 Å². The SMILES string of the molecule is CC[C@H](C)[C@@H]1NC(=O)[C@H](CC(C)C)N(C)C(=O)C[C@@H](C)NC(=O)[C@H](CC(C)C)N(C)C(=O)CCCCNC(=O)[C@H](COCC(C)(C)O)N(C)C(=O)[C@H](CCc2ccc(C(F)(F)F)c(Cl)c2)NC(=O)CN(C)C(=O)[C@H](COCCC(C)C)N(C)C(=O)CN(C)C(=O)CN(CC)C1=O. The van der Waals surface area contributed by atoms with Gasteiger partial charge in [-0.1, -0.05) is 79.5 Å². The van der Waals surface area contributed by atoms with Crippen LogP contribution in [0.4, 0.5) is 13.2 Å². The van der Waals surface area contributed by atoms with E-state index in [-0.39, 0.29) is 114 Å². The zero-order valence-electron chi connectivity index (χ0n) is 59.9. The molecule has 11 amide bonds. The van der Waals surface area contributed by atoms with Crippen molar-refractivity contribution in [3.63, 3.8) is 0 Å². The number of hydrogen-bond acceptors (Lipinski definition) is 14. The predicted octanol–water partition coefficient (Wildman–Crippen LogP) is 4.52. The number of amides is 11. The lowest BCUT2D eigenvalue weighted by molar-refractivity contribution is -0.150. The van der Waals surface area contributed by atoms with Crippen molar-refractivity contribution in [2.45, 2.75) is 201 Å². The maximum Gasteiger partial charge on any atom is 0.417 e. The molecular formula is C67H111ClF3N11O14. The zero-order chi connectivity index (χ0) is 73.3. The van der Waals surface area contributed by atoms with Gasteiger partial charge in [-0.2, -0.15) is 13.2 Å². The number of rotatable bonds is 19. The molecule has 0 saturated carbocycles. The highest BCUT2D eigenvalue weighted by Gasteiger charge is 2.40. The van der Waals surface area contributed by atoms with Crippen LogP contribution in [-0.4, -0.2) is 254 Å². The summed E-state index contributed by atoms with van der Waals surface area (Å²) in [5, 5.41) is 21.1. The fourth-order valence-corrected chi connectivity index (χ4v) is 10.8. The van der Waals surface area contributed by atoms with E-state index >= 15 is 0 Å². The summed E-state index contributed by atoms with van der Waals surface area (Å²) < 4.78 is 52.9. The molecule has 1 fully saturated rings. The number of aliphatic hydroxyl groups is 1. The molecule has 1 heterocycles. The summed E-state index contributed by atoms with van der Waals surface area (Å²) in [5.41, 5.74) is -2.23. The Morgan fingerprint density at radius 2 is 1.21 bits per heavy atom. The monoisotopic (exact) mass is 1390 g/mol. The second kappa shape index (κ2) is 40.3. The first-order valence-electron chi connectivity index (χ1n) is 33.3. The number of benzene rings is 1. The van der Waals surface area contributed by atoms with Crippen LogP contribution >= 0.6 is 11.6 Å². The number of halogens is 4. The standard InChI is InChI=1S/C67H111ClF3N11O14/c1-19-44(9)59-65(93)82(20-2)37-57(86)76(13)36-58(87)80(17)53(39-95-30-28-41(3)4)64(92)77(14)35-54(83)74-49(27-25-46-24-26-47(48(68)34-46)67(69,70)71)63(91)81(18)52(38-96-40-66(11,12)94)60(88)72-29-22-21-23-55(84)78(15)50(31-42(5)6)61(89)73-45(10)33-56(85)79(16)51(32-43(7)8)62(90)75-59/h24,26,34,41-45,49-53,59,94H,19-23,25,27-33,35-40H2,1-18H3,(H,72,88)(H,73,89)(H,74,83)(H,75,90)/t44-,45+,49-,50-,51-,52-,53-,59-/m0/s1. The number of hydrogen-bond donors (Lipinski definition) is 5. The fraction of sp³-hybridized carbons (Fsp3) is 0.746. The van der Waals surface area contributed by atoms with Crippen LogP contribution in [0.25, 0.3) is 0 Å². The third-order valence-electron chi connectivity index (χ3n) is 16.9. The van der Waals surface area contributed by atoms with Crippen molar-refractivity contribution in [3.05, 3.63) is 34.3 Å². The van der Waals surface area contributed by atoms with Gasteiger partial charge in [-0.15, -0.1) is 0 Å². The van der Waals surface area contributed by atoms with Gasteiger partial charge in [0.1, 0.15) is 36.3 Å². The van der Waals surface area contributed by atoms with Crippen molar-refractivity contribution in [3.8, 4) is 0 Å². The normalized spacial score (nSPS) is 23.1. The Kier molecular flexibility index (Phi) is 35.9. The van der Waals surface area contributed by atoms with Crippen molar-refractivity contribution in [1.82, 2.24) is 55.6 Å². The van der Waals surface area contributed by atoms with Crippen LogP contribution in [0.5, 0.6) is 0 Å². The molecule has 29 heteroatoms. The Labute approximate surface area is 571 Å². The molecule has 1 saturated heterocycles. The molecule has 96 heavy (non-hydrogen) atoms. The van der Waals surface area contributed by atoms with Crippen LogP contribution in [0.1, 0.15) is 152 Å². The van der Waals surface area contributed by atoms with Crippen molar-refractivity contribution < 1.29 is 80.5 Å². The molecule has 1 aliphatic rings. The van der Waals surface area contributed by atoms with Gasteiger partial charge in [-0.25, -0.2) is 0 Å². The highest BCUT2D eigenvalue weighted by Crippen LogP contribution is 2.35. The average Bonchev–Trinajstić information content (AvgIpc) is 0.906. The first kappa shape index (κ1) is 85.4. The summed E-state index contributed by atoms with van der Waals surface area (Å²) in [7, 11) is 8.17. The Bertz CT molecular complexity index is 2770. The minimum Gasteiger partial charge on any atom is -0.388 e. The summed E-state index contributed by atoms with van der Waals surface area (Å²) >= 11 is 6.08. The summed E-state index contributed by atoms with van der Waals surface area (Å²) in [6, 6.07) is -5.27. The molecule has 0 unspecified atom stereocenters. The smallest absolute Gasteiger partial charge is 0.388 e. The quantitative estimate of drug-likeness (QED) is 0.119. The van der Waals surface area contributed by atoms with E-state index in [2.05, 4.69) is 21.3 Å². The van der Waals surface area contributed by atoms with Crippen molar-refractivity contribution in [1.29, 1.82) is 0 Å². The molecule has 0 bridgehead atoms. The molecule has 5 N–H and O–H groups in total. The largest absolute Gasteiger partial charge is 0.417 e. The van der Waals surface area contributed by atoms with Gasteiger partial charge < -0.3 is 70.1 Å². The van der Waals surface area contributed by atoms with Crippen LogP contribution in [0.15, 0.2) is 18.2 Å². The van der Waals surface area contributed by atoms with Crippen molar-refractivity contribution in [2.75, 3.05) is 101 Å². The van der Waals surface area contributed by atoms with Crippen LogP contribution in [-0.2, 0) is 74.8 Å². The molecule has 546 valence electrons. The highest BCUT2D eigenvalue weighted by molar-refractivity contribution is 6.31. The molecule has 0 aromatic heterocycles. The van der Waals surface area contributed by atoms with Gasteiger partial charge in [-0.3, -0.25) is 52.7 Å². The Balaban J connectivity index is 2.80. The molecule has 0 radical (unpaired) electrons. The van der Waals surface area contributed by atoms with Gasteiger partial charge in [0, 0.05) is 80.9 Å². The van der Waals surface area contributed by atoms with Crippen LogP contribution in [0.3, 0.4) is 0 Å². The van der Waals surface area contributed by atoms with E-state index in [1.54, 1.807) is 20.8 Å². The van der Waals surface area contributed by atoms with Crippen LogP contribution in [0.2, 0.25) is 5.02 Å². The molecule has 25 nitrogen and oxygen atoms in total. The number of aryl methyl sites for hydroxylation is 1. The first-order chi connectivity index (χ1) is 44.6. The van der Waals surface area contributed by atoms with E-state index in [9.17, 15) is 71.0 Å². The fourth-order valence-electron chi connectivity index (χ4n) is 10.5. The number of carbonyl (C=O) groups excluding carboxylic acids is 11. The van der Waals surface area contributed by atoms with Gasteiger partial charge in [0.05, 0.1) is 55.6 Å². The second-order valence-electron chi connectivity index (χ2n) is 27.4. The number of likely N-dealkylation sites (N-methyl/N-ethyl adjacent to an activating group) is 7. The van der Waals surface area contributed by atoms with Gasteiger partial charge >= 0.3 is 6.18 Å². The molecule has 0 spiro atoms. The molecular weight excluding hydrogens is 1280 g/mol. The lowest BCUT2D eigenvalue weighted by Crippen LogP contribution is -2.58. The number of nitrogens with zero attached hydrogens (tertiary/aromatic N) is 7. The maximum atomic E-state index is 14.8. The summed E-state index contributed by atoms with van der Waals surface area (Å²) in [4.78, 5) is 165. The Morgan fingerprint density at radius 3 is 1.75 bits per heavy atom. The van der Waals surface area contributed by atoms with E-state index in [1.165, 1.54) is 76.9 Å². The van der Waals surface area contributed by atoms with E-state index in [0.717, 1.165) is 31.7 Å². The molecule has 2 rings (SSSR count). The lowest BCUT2D eigenvalue weighted by atomic mass is 9.95. The van der Waals surface area contributed by atoms with Crippen molar-refractivity contribution >= 4 is 76.6 Å². The third-order valence-corrected chi connectivity index (χ3v) is 17.2. The van der Waals surface area contributed by atoms with E-state index in [4.69, 9.17) is 21.1 Å². The minimum atomic E-state index is -4.78. The minimum absolute atomic E-state index is 0.00890. The lowest BCUT2D eigenvalue weighted by Gasteiger charge is -2.34. The van der Waals surface area contributed by atoms with Gasteiger partial charge in [-0.05, 0) is 114 Å². The van der Waals surface area contributed by atoms with Crippen LogP contribution in [0, 0.1) is 23.7 Å². The predicted molar refractivity (Wildman–Crippen MR) is 357 cm³/mol. The zero-order valence-corrected chi connectivity index (χ0v) is 60.7. The van der Waals surface area contributed by atoms with E-state index in [1.807, 2.05) is 48.5 Å². The number of nitrogens with one attached hydrogen (secondary N) is 4. The topological polar surface area (TPSA) is 297 Å². The maximum absolute atomic E-state index is 14.8. The van der Waals surface area contributed by atoms with Crippen molar-refractivity contribution in [2.24, 2.45) is 23.7 Å².